The Morgan fingerprint density at radius 2 is 1.95 bits per heavy atom. The molecule has 0 saturated heterocycles. The summed E-state index contributed by atoms with van der Waals surface area (Å²) in [5.74, 6) is -0.202. The van der Waals surface area contributed by atoms with Crippen LogP contribution in [0.5, 0.6) is 5.75 Å². The molecule has 0 radical (unpaired) electrons. The molecule has 0 aliphatic heterocycles. The third-order valence-corrected chi connectivity index (χ3v) is 2.94. The first-order valence-electron chi connectivity index (χ1n) is 6.45. The summed E-state index contributed by atoms with van der Waals surface area (Å²) < 4.78 is 5.02. The lowest BCUT2D eigenvalue weighted by Crippen LogP contribution is -2.33. The molecule has 2 amide bonds. The van der Waals surface area contributed by atoms with Gasteiger partial charge in [-0.3, -0.25) is 4.79 Å². The SMILES string of the molecule is CCC(CNC(=O)Nc1ccc(OC)cc1)CC(=O)O. The minimum absolute atomic E-state index is 0.0549. The van der Waals surface area contributed by atoms with Gasteiger partial charge in [0, 0.05) is 18.7 Å². The van der Waals surface area contributed by atoms with E-state index in [1.165, 1.54) is 0 Å². The first kappa shape index (κ1) is 15.8. The van der Waals surface area contributed by atoms with Crippen LogP contribution in [0.25, 0.3) is 0 Å². The Balaban J connectivity index is 2.40. The highest BCUT2D eigenvalue weighted by Gasteiger charge is 2.12. The second-order valence-electron chi connectivity index (χ2n) is 4.44. The summed E-state index contributed by atoms with van der Waals surface area (Å²) in [6.07, 6.45) is 0.758. The largest absolute Gasteiger partial charge is 0.497 e. The van der Waals surface area contributed by atoms with Crippen LogP contribution in [0.4, 0.5) is 10.5 Å². The van der Waals surface area contributed by atoms with Gasteiger partial charge < -0.3 is 20.5 Å². The number of urea groups is 1. The van der Waals surface area contributed by atoms with E-state index < -0.39 is 5.97 Å². The van der Waals surface area contributed by atoms with Crippen LogP contribution in [0.3, 0.4) is 0 Å². The Kier molecular flexibility index (Phi) is 6.36. The maximum atomic E-state index is 11.7. The monoisotopic (exact) mass is 280 g/mol. The molecule has 1 rings (SSSR count). The van der Waals surface area contributed by atoms with E-state index in [1.807, 2.05) is 6.92 Å². The van der Waals surface area contributed by atoms with Crippen molar-refractivity contribution >= 4 is 17.7 Å². The smallest absolute Gasteiger partial charge is 0.319 e. The van der Waals surface area contributed by atoms with Crippen molar-refractivity contribution in [1.29, 1.82) is 0 Å². The van der Waals surface area contributed by atoms with Gasteiger partial charge in [0.05, 0.1) is 7.11 Å². The van der Waals surface area contributed by atoms with E-state index in [0.29, 0.717) is 24.4 Å². The van der Waals surface area contributed by atoms with Crippen molar-refractivity contribution < 1.29 is 19.4 Å². The molecule has 110 valence electrons. The molecule has 6 nitrogen and oxygen atoms in total. The second-order valence-corrected chi connectivity index (χ2v) is 4.44. The molecular weight excluding hydrogens is 260 g/mol. The number of amides is 2. The molecule has 3 N–H and O–H groups in total. The maximum absolute atomic E-state index is 11.7. The highest BCUT2D eigenvalue weighted by Crippen LogP contribution is 2.14. The van der Waals surface area contributed by atoms with Gasteiger partial charge in [0.1, 0.15) is 5.75 Å². The van der Waals surface area contributed by atoms with Crippen LogP contribution in [0.1, 0.15) is 19.8 Å². The number of anilines is 1. The van der Waals surface area contributed by atoms with Crippen molar-refractivity contribution in [2.24, 2.45) is 5.92 Å². The van der Waals surface area contributed by atoms with Gasteiger partial charge in [0.15, 0.2) is 0 Å². The van der Waals surface area contributed by atoms with Gasteiger partial charge in [-0.25, -0.2) is 4.79 Å². The first-order valence-corrected chi connectivity index (χ1v) is 6.45. The summed E-state index contributed by atoms with van der Waals surface area (Å²) in [5.41, 5.74) is 0.648. The molecule has 20 heavy (non-hydrogen) atoms. The van der Waals surface area contributed by atoms with Crippen LogP contribution in [0, 0.1) is 5.92 Å². The lowest BCUT2D eigenvalue weighted by atomic mass is 10.0. The minimum Gasteiger partial charge on any atom is -0.497 e. The molecule has 1 unspecified atom stereocenters. The number of hydrogen-bond acceptors (Lipinski definition) is 3. The number of aliphatic carboxylic acids is 1. The van der Waals surface area contributed by atoms with Gasteiger partial charge in [-0.15, -0.1) is 0 Å². The number of rotatable bonds is 7. The van der Waals surface area contributed by atoms with Crippen LogP contribution < -0.4 is 15.4 Å². The number of ether oxygens (including phenoxy) is 1. The van der Waals surface area contributed by atoms with Gasteiger partial charge in [0.2, 0.25) is 0 Å². The Hall–Kier alpha value is -2.24. The Morgan fingerprint density at radius 1 is 1.30 bits per heavy atom. The second kappa shape index (κ2) is 8.04. The summed E-state index contributed by atoms with van der Waals surface area (Å²) in [6.45, 7) is 2.24. The number of hydrogen-bond donors (Lipinski definition) is 3. The molecule has 0 aliphatic carbocycles. The Morgan fingerprint density at radius 3 is 2.45 bits per heavy atom. The van der Waals surface area contributed by atoms with Crippen LogP contribution >= 0.6 is 0 Å². The molecular formula is C14H20N2O4. The van der Waals surface area contributed by atoms with E-state index in [2.05, 4.69) is 10.6 Å². The fraction of sp³-hybridized carbons (Fsp3) is 0.429. The fourth-order valence-corrected chi connectivity index (χ4v) is 1.69. The topological polar surface area (TPSA) is 87.7 Å². The summed E-state index contributed by atoms with van der Waals surface area (Å²) >= 11 is 0. The van der Waals surface area contributed by atoms with Crippen molar-refractivity contribution in [3.8, 4) is 5.75 Å². The van der Waals surface area contributed by atoms with Crippen molar-refractivity contribution in [3.05, 3.63) is 24.3 Å². The van der Waals surface area contributed by atoms with E-state index in [4.69, 9.17) is 9.84 Å². The number of carbonyl (C=O) groups excluding carboxylic acids is 1. The molecule has 0 aromatic heterocycles. The van der Waals surface area contributed by atoms with Crippen LogP contribution in [0.2, 0.25) is 0 Å². The fourth-order valence-electron chi connectivity index (χ4n) is 1.69. The predicted molar refractivity (Wildman–Crippen MR) is 76.0 cm³/mol. The van der Waals surface area contributed by atoms with E-state index in [9.17, 15) is 9.59 Å². The third kappa shape index (κ3) is 5.60. The molecule has 0 saturated carbocycles. The zero-order chi connectivity index (χ0) is 15.0. The zero-order valence-electron chi connectivity index (χ0n) is 11.7. The highest BCUT2D eigenvalue weighted by molar-refractivity contribution is 5.89. The molecule has 1 atom stereocenters. The molecule has 0 heterocycles. The normalized spacial score (nSPS) is 11.5. The molecule has 0 fully saturated rings. The van der Waals surface area contributed by atoms with Gasteiger partial charge in [-0.05, 0) is 30.2 Å². The van der Waals surface area contributed by atoms with Crippen LogP contribution in [-0.4, -0.2) is 30.8 Å². The Bertz CT molecular complexity index is 445. The standard InChI is InChI=1S/C14H20N2O4/c1-3-10(8-13(17)18)9-15-14(19)16-11-4-6-12(20-2)7-5-11/h4-7,10H,3,8-9H2,1-2H3,(H,17,18)(H2,15,16,19). The third-order valence-electron chi connectivity index (χ3n) is 2.94. The molecule has 6 heteroatoms. The molecule has 1 aromatic carbocycles. The van der Waals surface area contributed by atoms with Crippen LogP contribution in [0.15, 0.2) is 24.3 Å². The average molecular weight is 280 g/mol. The number of methoxy groups -OCH3 is 1. The van der Waals surface area contributed by atoms with E-state index in [1.54, 1.807) is 31.4 Å². The molecule has 0 aliphatic rings. The lowest BCUT2D eigenvalue weighted by Gasteiger charge is -2.14. The number of nitrogens with one attached hydrogen (secondary N) is 2. The number of carbonyl (C=O) groups is 2. The maximum Gasteiger partial charge on any atom is 0.319 e. The summed E-state index contributed by atoms with van der Waals surface area (Å²) in [4.78, 5) is 22.3. The van der Waals surface area contributed by atoms with Gasteiger partial charge in [0.25, 0.3) is 0 Å². The van der Waals surface area contributed by atoms with E-state index in [-0.39, 0.29) is 18.4 Å². The quantitative estimate of drug-likeness (QED) is 0.715. The van der Waals surface area contributed by atoms with Crippen molar-refractivity contribution in [1.82, 2.24) is 5.32 Å². The summed E-state index contributed by atoms with van der Waals surface area (Å²) in [6, 6.07) is 6.60. The summed E-state index contributed by atoms with van der Waals surface area (Å²) in [5, 5.41) is 14.1. The van der Waals surface area contributed by atoms with Crippen LogP contribution in [-0.2, 0) is 4.79 Å². The minimum atomic E-state index is -0.853. The Labute approximate surface area is 118 Å². The molecule has 0 bridgehead atoms. The summed E-state index contributed by atoms with van der Waals surface area (Å²) in [7, 11) is 1.57. The van der Waals surface area contributed by atoms with E-state index >= 15 is 0 Å². The number of carboxylic acids is 1. The lowest BCUT2D eigenvalue weighted by molar-refractivity contribution is -0.138. The van der Waals surface area contributed by atoms with Crippen molar-refractivity contribution in [2.75, 3.05) is 19.0 Å². The van der Waals surface area contributed by atoms with Gasteiger partial charge in [-0.2, -0.15) is 0 Å². The van der Waals surface area contributed by atoms with Gasteiger partial charge >= 0.3 is 12.0 Å². The zero-order valence-corrected chi connectivity index (χ0v) is 11.7. The molecule has 0 spiro atoms. The van der Waals surface area contributed by atoms with Crippen molar-refractivity contribution in [2.45, 2.75) is 19.8 Å². The number of carboxylic acid groups (broad SMARTS) is 1. The first-order chi connectivity index (χ1) is 9.55. The predicted octanol–water partition coefficient (Wildman–Crippen LogP) is 2.32. The molecule has 1 aromatic rings. The number of benzene rings is 1. The average Bonchev–Trinajstić information content (AvgIpc) is 2.44. The van der Waals surface area contributed by atoms with Gasteiger partial charge in [-0.1, -0.05) is 13.3 Å². The van der Waals surface area contributed by atoms with Crippen molar-refractivity contribution in [3.63, 3.8) is 0 Å². The van der Waals surface area contributed by atoms with E-state index in [0.717, 1.165) is 0 Å². The highest BCUT2D eigenvalue weighted by atomic mass is 16.5.